The van der Waals surface area contributed by atoms with Gasteiger partial charge >= 0.3 is 5.97 Å². The Labute approximate surface area is 158 Å². The molecular weight excluding hydrogens is 368 g/mol. The third kappa shape index (κ3) is 4.06. The number of methoxy groups -OCH3 is 1. The van der Waals surface area contributed by atoms with Gasteiger partial charge in [-0.2, -0.15) is 0 Å². The lowest BCUT2D eigenvalue weighted by Crippen LogP contribution is -2.10. The number of ether oxygens (including phenoxy) is 1. The minimum absolute atomic E-state index is 0.0389. The third-order valence-electron chi connectivity index (χ3n) is 3.65. The van der Waals surface area contributed by atoms with Gasteiger partial charge in [-0.3, -0.25) is 10.1 Å². The number of thioether (sulfide) groups is 1. The zero-order valence-corrected chi connectivity index (χ0v) is 15.0. The first-order valence-electron chi connectivity index (χ1n) is 7.79. The van der Waals surface area contributed by atoms with Gasteiger partial charge in [0.05, 0.1) is 22.6 Å². The second kappa shape index (κ2) is 7.88. The Morgan fingerprint density at radius 2 is 1.96 bits per heavy atom. The van der Waals surface area contributed by atoms with Gasteiger partial charge in [-0.05, 0) is 23.8 Å². The van der Waals surface area contributed by atoms with E-state index in [4.69, 9.17) is 4.74 Å². The summed E-state index contributed by atoms with van der Waals surface area (Å²) in [5.74, 6) is -0.981. The van der Waals surface area contributed by atoms with Crippen molar-refractivity contribution in [3.05, 3.63) is 86.5 Å². The SMILES string of the molecule is COC(=O)C1=C(O)C(=Cc2cccc([N+](=O)[O-])c2)SC1=Nc1ccccc1. The predicted octanol–water partition coefficient (Wildman–Crippen LogP) is 4.40. The van der Waals surface area contributed by atoms with E-state index in [-0.39, 0.29) is 17.0 Å². The lowest BCUT2D eigenvalue weighted by atomic mass is 10.1. The predicted molar refractivity (Wildman–Crippen MR) is 104 cm³/mol. The highest BCUT2D eigenvalue weighted by Crippen LogP contribution is 2.40. The number of esters is 1. The summed E-state index contributed by atoms with van der Waals surface area (Å²) in [5.41, 5.74) is 1.03. The van der Waals surface area contributed by atoms with E-state index in [1.165, 1.54) is 19.2 Å². The van der Waals surface area contributed by atoms with E-state index >= 15 is 0 Å². The maximum absolute atomic E-state index is 12.1. The number of nitrogens with zero attached hydrogens (tertiary/aromatic N) is 2. The number of carbonyl (C=O) groups excluding carboxylic acids is 1. The summed E-state index contributed by atoms with van der Waals surface area (Å²) in [7, 11) is 1.22. The van der Waals surface area contributed by atoms with E-state index in [1.807, 2.05) is 6.07 Å². The third-order valence-corrected chi connectivity index (χ3v) is 4.67. The summed E-state index contributed by atoms with van der Waals surface area (Å²) < 4.78 is 4.75. The molecule has 0 unspecified atom stereocenters. The normalized spacial score (nSPS) is 16.8. The number of aliphatic hydroxyl groups excluding tert-OH is 1. The number of nitro groups is 1. The van der Waals surface area contributed by atoms with Crippen LogP contribution >= 0.6 is 11.8 Å². The number of non-ortho nitro benzene ring substituents is 1. The number of carbonyl (C=O) groups is 1. The molecule has 0 aromatic heterocycles. The number of benzene rings is 2. The molecule has 0 bridgehead atoms. The van der Waals surface area contributed by atoms with Crippen molar-refractivity contribution in [1.82, 2.24) is 0 Å². The Kier molecular flexibility index (Phi) is 5.37. The van der Waals surface area contributed by atoms with E-state index in [2.05, 4.69) is 4.99 Å². The van der Waals surface area contributed by atoms with Crippen LogP contribution in [-0.4, -0.2) is 28.2 Å². The minimum Gasteiger partial charge on any atom is -0.506 e. The van der Waals surface area contributed by atoms with Crippen LogP contribution in [0.3, 0.4) is 0 Å². The molecule has 0 aliphatic carbocycles. The zero-order valence-electron chi connectivity index (χ0n) is 14.2. The molecular formula is C19H14N2O5S. The number of hydrogen-bond acceptors (Lipinski definition) is 7. The van der Waals surface area contributed by atoms with Gasteiger partial charge in [-0.15, -0.1) is 0 Å². The molecule has 1 aliphatic rings. The van der Waals surface area contributed by atoms with Crippen LogP contribution in [0.4, 0.5) is 11.4 Å². The second-order valence-electron chi connectivity index (χ2n) is 5.43. The Morgan fingerprint density at radius 3 is 2.63 bits per heavy atom. The van der Waals surface area contributed by atoms with Crippen molar-refractivity contribution in [1.29, 1.82) is 0 Å². The Hall–Kier alpha value is -3.39. The van der Waals surface area contributed by atoms with Gasteiger partial charge in [-0.25, -0.2) is 9.79 Å². The first kappa shape index (κ1) is 18.4. The second-order valence-corrected chi connectivity index (χ2v) is 6.46. The number of aliphatic imine (C=N–C) groups is 1. The molecule has 1 aliphatic heterocycles. The van der Waals surface area contributed by atoms with Crippen molar-refractivity contribution in [3.63, 3.8) is 0 Å². The summed E-state index contributed by atoms with van der Waals surface area (Å²) in [4.78, 5) is 27.3. The fourth-order valence-corrected chi connectivity index (χ4v) is 3.43. The fourth-order valence-electron chi connectivity index (χ4n) is 2.39. The highest BCUT2D eigenvalue weighted by Gasteiger charge is 2.33. The molecule has 7 nitrogen and oxygen atoms in total. The van der Waals surface area contributed by atoms with Crippen LogP contribution in [0.2, 0.25) is 0 Å². The molecule has 1 N–H and O–H groups in total. The molecule has 0 saturated heterocycles. The lowest BCUT2D eigenvalue weighted by Gasteiger charge is -2.01. The smallest absolute Gasteiger partial charge is 0.344 e. The van der Waals surface area contributed by atoms with Crippen molar-refractivity contribution in [3.8, 4) is 0 Å². The summed E-state index contributed by atoms with van der Waals surface area (Å²) in [6, 6.07) is 15.0. The number of rotatable bonds is 4. The van der Waals surface area contributed by atoms with Gasteiger partial charge in [0.15, 0.2) is 0 Å². The van der Waals surface area contributed by atoms with Gasteiger partial charge in [0.2, 0.25) is 0 Å². The standard InChI is InChI=1S/C19H14N2O5S/c1-26-19(23)16-17(22)15(11-12-6-5-9-14(10-12)21(24)25)27-18(16)20-13-7-3-2-4-8-13/h2-11,22H,1H3. The zero-order chi connectivity index (χ0) is 19.4. The first-order chi connectivity index (χ1) is 13.0. The first-order valence-corrected chi connectivity index (χ1v) is 8.61. The lowest BCUT2D eigenvalue weighted by molar-refractivity contribution is -0.384. The van der Waals surface area contributed by atoms with Crippen LogP contribution in [0.15, 0.2) is 75.8 Å². The molecule has 1 heterocycles. The van der Waals surface area contributed by atoms with Crippen molar-refractivity contribution in [2.24, 2.45) is 4.99 Å². The molecule has 0 saturated carbocycles. The van der Waals surface area contributed by atoms with Gasteiger partial charge in [0.1, 0.15) is 16.4 Å². The molecule has 27 heavy (non-hydrogen) atoms. The molecule has 0 radical (unpaired) electrons. The Bertz CT molecular complexity index is 996. The molecule has 2 aromatic carbocycles. The van der Waals surface area contributed by atoms with Gasteiger partial charge in [-0.1, -0.05) is 42.1 Å². The Morgan fingerprint density at radius 1 is 1.22 bits per heavy atom. The van der Waals surface area contributed by atoms with Crippen molar-refractivity contribution >= 4 is 40.2 Å². The topological polar surface area (TPSA) is 102 Å². The van der Waals surface area contributed by atoms with Crippen molar-refractivity contribution in [2.45, 2.75) is 0 Å². The van der Waals surface area contributed by atoms with E-state index in [0.29, 0.717) is 21.2 Å². The molecule has 0 atom stereocenters. The van der Waals surface area contributed by atoms with E-state index in [9.17, 15) is 20.0 Å². The van der Waals surface area contributed by atoms with Crippen molar-refractivity contribution < 1.29 is 19.6 Å². The molecule has 3 rings (SSSR count). The van der Waals surface area contributed by atoms with Gasteiger partial charge < -0.3 is 9.84 Å². The van der Waals surface area contributed by atoms with E-state index in [0.717, 1.165) is 11.8 Å². The summed E-state index contributed by atoms with van der Waals surface area (Å²) >= 11 is 1.09. The molecule has 0 amide bonds. The fraction of sp³-hybridized carbons (Fsp3) is 0.0526. The number of nitro benzene ring substituents is 1. The van der Waals surface area contributed by atoms with Crippen LogP contribution in [0.1, 0.15) is 5.56 Å². The molecule has 0 spiro atoms. The minimum atomic E-state index is -0.711. The summed E-state index contributed by atoms with van der Waals surface area (Å²) in [5, 5.41) is 21.7. The molecule has 136 valence electrons. The van der Waals surface area contributed by atoms with Gasteiger partial charge in [0.25, 0.3) is 5.69 Å². The number of para-hydroxylation sites is 1. The molecule has 8 heteroatoms. The van der Waals surface area contributed by atoms with Crippen LogP contribution in [0, 0.1) is 10.1 Å². The van der Waals surface area contributed by atoms with Crippen LogP contribution in [0.5, 0.6) is 0 Å². The average molecular weight is 382 g/mol. The number of hydrogen-bond donors (Lipinski definition) is 1. The van der Waals surface area contributed by atoms with Crippen LogP contribution in [-0.2, 0) is 9.53 Å². The van der Waals surface area contributed by atoms with E-state index < -0.39 is 10.9 Å². The Balaban J connectivity index is 2.04. The van der Waals surface area contributed by atoms with Crippen LogP contribution < -0.4 is 0 Å². The van der Waals surface area contributed by atoms with Crippen molar-refractivity contribution in [2.75, 3.05) is 7.11 Å². The maximum atomic E-state index is 12.1. The quantitative estimate of drug-likeness (QED) is 0.478. The average Bonchev–Trinajstić information content (AvgIpc) is 2.97. The molecule has 2 aromatic rings. The summed E-state index contributed by atoms with van der Waals surface area (Å²) in [6.07, 6.45) is 1.56. The summed E-state index contributed by atoms with van der Waals surface area (Å²) in [6.45, 7) is 0. The monoisotopic (exact) mass is 382 g/mol. The molecule has 0 fully saturated rings. The largest absolute Gasteiger partial charge is 0.506 e. The maximum Gasteiger partial charge on any atom is 0.344 e. The highest BCUT2D eigenvalue weighted by molar-refractivity contribution is 8.18. The number of aliphatic hydroxyl groups is 1. The van der Waals surface area contributed by atoms with Crippen LogP contribution in [0.25, 0.3) is 6.08 Å². The van der Waals surface area contributed by atoms with E-state index in [1.54, 1.807) is 42.5 Å². The van der Waals surface area contributed by atoms with Gasteiger partial charge in [0, 0.05) is 12.1 Å². The highest BCUT2D eigenvalue weighted by atomic mass is 32.2.